The number of nitrogens with one attached hydrogen (secondary N) is 1. The SMILES string of the molecule is CS(=O)(=O)N(CC(=O)N/N=C\c1ccco1)c1ccc2c3c(cccc13)CC2. The monoisotopic (exact) mass is 397 g/mol. The van der Waals surface area contributed by atoms with Crippen LogP contribution in [0.25, 0.3) is 10.8 Å². The second kappa shape index (κ2) is 7.12. The number of hydrogen-bond donors (Lipinski definition) is 1. The lowest BCUT2D eigenvalue weighted by Gasteiger charge is -2.23. The van der Waals surface area contributed by atoms with Crippen LogP contribution in [0.5, 0.6) is 0 Å². The fraction of sp³-hybridized carbons (Fsp3) is 0.200. The molecule has 1 amide bonds. The molecule has 2 aromatic carbocycles. The summed E-state index contributed by atoms with van der Waals surface area (Å²) < 4.78 is 31.1. The van der Waals surface area contributed by atoms with Crippen LogP contribution in [-0.4, -0.2) is 33.3 Å². The maximum absolute atomic E-state index is 12.4. The Labute approximate surface area is 162 Å². The van der Waals surface area contributed by atoms with E-state index in [9.17, 15) is 13.2 Å². The molecule has 1 heterocycles. The van der Waals surface area contributed by atoms with E-state index in [2.05, 4.69) is 16.6 Å². The number of hydrazone groups is 1. The van der Waals surface area contributed by atoms with Crippen LogP contribution in [0.15, 0.2) is 58.2 Å². The first-order valence-electron chi connectivity index (χ1n) is 8.80. The van der Waals surface area contributed by atoms with Gasteiger partial charge in [-0.25, -0.2) is 13.8 Å². The third-order valence-electron chi connectivity index (χ3n) is 4.73. The maximum Gasteiger partial charge on any atom is 0.260 e. The van der Waals surface area contributed by atoms with Gasteiger partial charge >= 0.3 is 0 Å². The van der Waals surface area contributed by atoms with Crippen LogP contribution in [0.3, 0.4) is 0 Å². The van der Waals surface area contributed by atoms with Crippen LogP contribution in [0.1, 0.15) is 16.9 Å². The number of anilines is 1. The van der Waals surface area contributed by atoms with Gasteiger partial charge in [-0.2, -0.15) is 5.10 Å². The topological polar surface area (TPSA) is 92.0 Å². The first kappa shape index (κ1) is 18.2. The number of carbonyl (C=O) groups excluding carboxylic acids is 1. The second-order valence-corrected chi connectivity index (χ2v) is 8.57. The van der Waals surface area contributed by atoms with E-state index in [-0.39, 0.29) is 6.54 Å². The fourth-order valence-corrected chi connectivity index (χ4v) is 4.40. The molecule has 7 nitrogen and oxygen atoms in total. The Kier molecular flexibility index (Phi) is 4.64. The molecule has 0 bridgehead atoms. The second-order valence-electron chi connectivity index (χ2n) is 6.66. The Hall–Kier alpha value is -3.13. The summed E-state index contributed by atoms with van der Waals surface area (Å²) in [5, 5.41) is 5.73. The van der Waals surface area contributed by atoms with Gasteiger partial charge < -0.3 is 4.42 Å². The number of carbonyl (C=O) groups is 1. The van der Waals surface area contributed by atoms with E-state index in [1.807, 2.05) is 18.2 Å². The predicted octanol–water partition coefficient (Wildman–Crippen LogP) is 2.45. The zero-order chi connectivity index (χ0) is 19.7. The first-order chi connectivity index (χ1) is 13.4. The Balaban J connectivity index is 1.63. The average Bonchev–Trinajstić information content (AvgIpc) is 3.31. The molecule has 28 heavy (non-hydrogen) atoms. The van der Waals surface area contributed by atoms with Gasteiger partial charge in [0.2, 0.25) is 10.0 Å². The molecule has 1 aromatic heterocycles. The standard InChI is InChI=1S/C20H19N3O4S/c1-28(25,26)23(13-19(24)22-21-12-16-5-3-11-27-16)18-10-9-15-8-7-14-4-2-6-17(18)20(14)15/h2-6,9-12H,7-8,13H2,1H3,(H,22,24)/b21-12-. The van der Waals surface area contributed by atoms with Crippen LogP contribution in [0.2, 0.25) is 0 Å². The molecule has 0 radical (unpaired) electrons. The molecule has 0 aliphatic heterocycles. The van der Waals surface area contributed by atoms with Gasteiger partial charge in [-0.1, -0.05) is 24.3 Å². The molecule has 1 aliphatic rings. The average molecular weight is 397 g/mol. The van der Waals surface area contributed by atoms with E-state index < -0.39 is 15.9 Å². The summed E-state index contributed by atoms with van der Waals surface area (Å²) in [4.78, 5) is 12.3. The zero-order valence-electron chi connectivity index (χ0n) is 15.3. The van der Waals surface area contributed by atoms with Crippen LogP contribution in [0.4, 0.5) is 5.69 Å². The van der Waals surface area contributed by atoms with Gasteiger partial charge in [0.05, 0.1) is 24.4 Å². The van der Waals surface area contributed by atoms with Gasteiger partial charge in [0.15, 0.2) is 0 Å². The van der Waals surface area contributed by atoms with Crippen molar-refractivity contribution in [3.05, 3.63) is 65.6 Å². The lowest BCUT2D eigenvalue weighted by Crippen LogP contribution is -2.39. The summed E-state index contributed by atoms with van der Waals surface area (Å²) in [6.07, 6.45) is 5.81. The minimum absolute atomic E-state index is 0.368. The summed E-state index contributed by atoms with van der Waals surface area (Å²) in [6.45, 7) is -0.368. The molecule has 0 spiro atoms. The van der Waals surface area contributed by atoms with Crippen LogP contribution < -0.4 is 9.73 Å². The summed E-state index contributed by atoms with van der Waals surface area (Å²) in [5.74, 6) is -0.0655. The number of rotatable bonds is 6. The largest absolute Gasteiger partial charge is 0.463 e. The molecule has 1 aliphatic carbocycles. The van der Waals surface area contributed by atoms with Gasteiger partial charge in [-0.15, -0.1) is 0 Å². The van der Waals surface area contributed by atoms with E-state index >= 15 is 0 Å². The highest BCUT2D eigenvalue weighted by atomic mass is 32.2. The lowest BCUT2D eigenvalue weighted by molar-refractivity contribution is -0.119. The van der Waals surface area contributed by atoms with Crippen LogP contribution in [0, 0.1) is 0 Å². The summed E-state index contributed by atoms with van der Waals surface area (Å²) in [5.41, 5.74) is 5.24. The molecule has 4 rings (SSSR count). The number of hydrogen-bond acceptors (Lipinski definition) is 5. The highest BCUT2D eigenvalue weighted by Crippen LogP contribution is 2.37. The minimum Gasteiger partial charge on any atom is -0.463 e. The molecule has 144 valence electrons. The Morgan fingerprint density at radius 2 is 1.96 bits per heavy atom. The third-order valence-corrected chi connectivity index (χ3v) is 5.86. The van der Waals surface area contributed by atoms with Crippen molar-refractivity contribution in [1.82, 2.24) is 5.43 Å². The molecule has 8 heteroatoms. The maximum atomic E-state index is 12.4. The normalized spacial score (nSPS) is 13.3. The number of furan rings is 1. The van der Waals surface area contributed by atoms with Crippen molar-refractivity contribution in [3.8, 4) is 0 Å². The summed E-state index contributed by atoms with van der Waals surface area (Å²) >= 11 is 0. The Morgan fingerprint density at radius 1 is 1.18 bits per heavy atom. The van der Waals surface area contributed by atoms with Crippen molar-refractivity contribution in [2.45, 2.75) is 12.8 Å². The van der Waals surface area contributed by atoms with Crippen molar-refractivity contribution in [2.24, 2.45) is 5.10 Å². The first-order valence-corrected chi connectivity index (χ1v) is 10.6. The highest BCUT2D eigenvalue weighted by Gasteiger charge is 2.25. The molecule has 0 saturated heterocycles. The van der Waals surface area contributed by atoms with Gasteiger partial charge in [0, 0.05) is 5.39 Å². The van der Waals surface area contributed by atoms with E-state index in [0.717, 1.165) is 34.2 Å². The van der Waals surface area contributed by atoms with E-state index in [4.69, 9.17) is 4.42 Å². The molecule has 0 saturated carbocycles. The molecular formula is C20H19N3O4S. The Morgan fingerprint density at radius 3 is 2.68 bits per heavy atom. The van der Waals surface area contributed by atoms with Gasteiger partial charge in [-0.3, -0.25) is 9.10 Å². The van der Waals surface area contributed by atoms with E-state index in [1.54, 1.807) is 18.2 Å². The smallest absolute Gasteiger partial charge is 0.260 e. The fourth-order valence-electron chi connectivity index (χ4n) is 3.53. The Bertz CT molecular complexity index is 1160. The van der Waals surface area contributed by atoms with Crippen LogP contribution in [-0.2, 0) is 27.7 Å². The van der Waals surface area contributed by atoms with Crippen molar-refractivity contribution < 1.29 is 17.6 Å². The number of amides is 1. The summed E-state index contributed by atoms with van der Waals surface area (Å²) in [7, 11) is -3.68. The molecule has 0 unspecified atom stereocenters. The number of nitrogens with zero attached hydrogens (tertiary/aromatic N) is 2. The molecule has 0 atom stereocenters. The van der Waals surface area contributed by atoms with Crippen molar-refractivity contribution in [2.75, 3.05) is 17.1 Å². The van der Waals surface area contributed by atoms with Gasteiger partial charge in [-0.05, 0) is 47.6 Å². The minimum atomic E-state index is -3.68. The highest BCUT2D eigenvalue weighted by molar-refractivity contribution is 7.92. The lowest BCUT2D eigenvalue weighted by atomic mass is 10.0. The van der Waals surface area contributed by atoms with Gasteiger partial charge in [0.1, 0.15) is 12.3 Å². The zero-order valence-corrected chi connectivity index (χ0v) is 16.1. The van der Waals surface area contributed by atoms with Gasteiger partial charge in [0.25, 0.3) is 5.91 Å². The molecule has 0 fully saturated rings. The predicted molar refractivity (Wildman–Crippen MR) is 108 cm³/mol. The molecular weight excluding hydrogens is 378 g/mol. The van der Waals surface area contributed by atoms with Crippen LogP contribution >= 0.6 is 0 Å². The van der Waals surface area contributed by atoms with E-state index in [1.165, 1.54) is 23.6 Å². The quantitative estimate of drug-likeness (QED) is 0.511. The van der Waals surface area contributed by atoms with E-state index in [0.29, 0.717) is 11.4 Å². The number of sulfonamides is 1. The third kappa shape index (κ3) is 3.50. The molecule has 1 N–H and O–H groups in total. The number of aryl methyl sites for hydroxylation is 2. The van der Waals surface area contributed by atoms with Crippen molar-refractivity contribution in [3.63, 3.8) is 0 Å². The van der Waals surface area contributed by atoms with Crippen molar-refractivity contribution in [1.29, 1.82) is 0 Å². The number of benzene rings is 2. The van der Waals surface area contributed by atoms with Crippen molar-refractivity contribution >= 4 is 38.6 Å². The molecule has 3 aromatic rings. The summed E-state index contributed by atoms with van der Waals surface area (Å²) in [6, 6.07) is 13.0.